The predicted molar refractivity (Wildman–Crippen MR) is 77.9 cm³/mol. The SMILES string of the molecule is NC1(CCN2CCc3sccc3C2)CCCCC1. The van der Waals surface area contributed by atoms with Gasteiger partial charge in [-0.3, -0.25) is 4.90 Å². The van der Waals surface area contributed by atoms with Gasteiger partial charge in [0.15, 0.2) is 0 Å². The molecular formula is C15H24N2S. The molecule has 2 N–H and O–H groups in total. The predicted octanol–water partition coefficient (Wildman–Crippen LogP) is 3.16. The Kier molecular flexibility index (Phi) is 3.73. The average molecular weight is 264 g/mol. The van der Waals surface area contributed by atoms with E-state index < -0.39 is 0 Å². The van der Waals surface area contributed by atoms with Crippen LogP contribution in [-0.2, 0) is 13.0 Å². The highest BCUT2D eigenvalue weighted by molar-refractivity contribution is 7.10. The molecule has 0 saturated heterocycles. The summed E-state index contributed by atoms with van der Waals surface area (Å²) in [7, 11) is 0. The number of nitrogens with two attached hydrogens (primary N) is 1. The summed E-state index contributed by atoms with van der Waals surface area (Å²) in [6.45, 7) is 3.56. The molecular weight excluding hydrogens is 240 g/mol. The highest BCUT2D eigenvalue weighted by Gasteiger charge is 2.28. The monoisotopic (exact) mass is 264 g/mol. The molecule has 0 bridgehead atoms. The maximum absolute atomic E-state index is 6.53. The molecule has 1 aromatic rings. The minimum Gasteiger partial charge on any atom is -0.325 e. The van der Waals surface area contributed by atoms with Crippen molar-refractivity contribution in [1.82, 2.24) is 4.90 Å². The number of thiophene rings is 1. The zero-order valence-electron chi connectivity index (χ0n) is 11.2. The van der Waals surface area contributed by atoms with Crippen molar-refractivity contribution >= 4 is 11.3 Å². The second kappa shape index (κ2) is 5.32. The molecule has 100 valence electrons. The van der Waals surface area contributed by atoms with E-state index in [9.17, 15) is 0 Å². The van der Waals surface area contributed by atoms with Crippen molar-refractivity contribution < 1.29 is 0 Å². The molecule has 3 heteroatoms. The van der Waals surface area contributed by atoms with Crippen LogP contribution in [0.4, 0.5) is 0 Å². The maximum atomic E-state index is 6.53. The van der Waals surface area contributed by atoms with Gasteiger partial charge in [-0.1, -0.05) is 19.3 Å². The van der Waals surface area contributed by atoms with E-state index in [-0.39, 0.29) is 5.54 Å². The lowest BCUT2D eigenvalue weighted by molar-refractivity contribution is 0.198. The highest BCUT2D eigenvalue weighted by atomic mass is 32.1. The van der Waals surface area contributed by atoms with Crippen LogP contribution >= 0.6 is 11.3 Å². The van der Waals surface area contributed by atoms with Crippen LogP contribution in [0.25, 0.3) is 0 Å². The summed E-state index contributed by atoms with van der Waals surface area (Å²) >= 11 is 1.92. The molecule has 2 nitrogen and oxygen atoms in total. The van der Waals surface area contributed by atoms with Crippen LogP contribution in [0.3, 0.4) is 0 Å². The van der Waals surface area contributed by atoms with Crippen LogP contribution in [0.1, 0.15) is 49.0 Å². The lowest BCUT2D eigenvalue weighted by atomic mass is 9.80. The Hall–Kier alpha value is -0.380. The lowest BCUT2D eigenvalue weighted by Gasteiger charge is -2.36. The van der Waals surface area contributed by atoms with Crippen molar-refractivity contribution in [3.8, 4) is 0 Å². The Labute approximate surface area is 114 Å². The van der Waals surface area contributed by atoms with Crippen molar-refractivity contribution in [2.75, 3.05) is 13.1 Å². The third kappa shape index (κ3) is 2.79. The van der Waals surface area contributed by atoms with Crippen molar-refractivity contribution in [1.29, 1.82) is 0 Å². The summed E-state index contributed by atoms with van der Waals surface area (Å²) in [5.74, 6) is 0. The van der Waals surface area contributed by atoms with E-state index in [0.717, 1.165) is 6.54 Å². The molecule has 0 radical (unpaired) electrons. The van der Waals surface area contributed by atoms with Crippen molar-refractivity contribution in [2.45, 2.75) is 57.0 Å². The van der Waals surface area contributed by atoms with Gasteiger partial charge in [0.25, 0.3) is 0 Å². The number of rotatable bonds is 3. The van der Waals surface area contributed by atoms with Gasteiger partial charge in [0.05, 0.1) is 0 Å². The molecule has 18 heavy (non-hydrogen) atoms. The Morgan fingerprint density at radius 1 is 1.28 bits per heavy atom. The van der Waals surface area contributed by atoms with E-state index in [1.54, 1.807) is 10.4 Å². The number of hydrogen-bond acceptors (Lipinski definition) is 3. The largest absolute Gasteiger partial charge is 0.325 e. The Morgan fingerprint density at radius 3 is 2.94 bits per heavy atom. The van der Waals surface area contributed by atoms with Crippen LogP contribution in [0, 0.1) is 0 Å². The van der Waals surface area contributed by atoms with Crippen LogP contribution in [-0.4, -0.2) is 23.5 Å². The molecule has 0 atom stereocenters. The summed E-state index contributed by atoms with van der Waals surface area (Å²) in [5, 5.41) is 2.24. The zero-order valence-corrected chi connectivity index (χ0v) is 12.0. The third-order valence-corrected chi connectivity index (χ3v) is 5.68. The van der Waals surface area contributed by atoms with Gasteiger partial charge in [-0.05, 0) is 42.7 Å². The Balaban J connectivity index is 1.52. The van der Waals surface area contributed by atoms with Gasteiger partial charge >= 0.3 is 0 Å². The minimum atomic E-state index is 0.146. The molecule has 1 aliphatic heterocycles. The Bertz CT molecular complexity index is 393. The molecule has 2 aliphatic rings. The summed E-state index contributed by atoms with van der Waals surface area (Å²) in [6.07, 6.45) is 8.98. The quantitative estimate of drug-likeness (QED) is 0.908. The minimum absolute atomic E-state index is 0.146. The highest BCUT2D eigenvalue weighted by Crippen LogP contribution is 2.30. The second-order valence-electron chi connectivity index (χ2n) is 6.07. The van der Waals surface area contributed by atoms with Gasteiger partial charge in [-0.25, -0.2) is 0 Å². The summed E-state index contributed by atoms with van der Waals surface area (Å²) in [5.41, 5.74) is 8.23. The fraction of sp³-hybridized carbons (Fsp3) is 0.733. The fourth-order valence-corrected chi connectivity index (χ4v) is 4.27. The lowest BCUT2D eigenvalue weighted by Crippen LogP contribution is -2.45. The molecule has 0 spiro atoms. The normalized spacial score (nSPS) is 23.8. The maximum Gasteiger partial charge on any atom is 0.0244 e. The first-order chi connectivity index (χ1) is 8.75. The smallest absolute Gasteiger partial charge is 0.0244 e. The number of fused-ring (bicyclic) bond motifs is 1. The number of nitrogens with zero attached hydrogens (tertiary/aromatic N) is 1. The van der Waals surface area contributed by atoms with Gasteiger partial charge in [-0.2, -0.15) is 0 Å². The molecule has 1 aliphatic carbocycles. The second-order valence-corrected chi connectivity index (χ2v) is 7.07. The standard InChI is InChI=1S/C15H24N2S/c16-15(6-2-1-3-7-15)8-10-17-9-4-14-13(12-17)5-11-18-14/h5,11H,1-4,6-10,12,16H2. The molecule has 2 heterocycles. The summed E-state index contributed by atoms with van der Waals surface area (Å²) in [4.78, 5) is 4.20. The van der Waals surface area contributed by atoms with Crippen molar-refractivity contribution in [2.24, 2.45) is 5.73 Å². The van der Waals surface area contributed by atoms with E-state index in [0.29, 0.717) is 0 Å². The molecule has 3 rings (SSSR count). The van der Waals surface area contributed by atoms with Gasteiger partial charge < -0.3 is 5.73 Å². The molecule has 0 aromatic carbocycles. The first-order valence-electron chi connectivity index (χ1n) is 7.32. The van der Waals surface area contributed by atoms with Gasteiger partial charge in [0.1, 0.15) is 0 Å². The molecule has 0 unspecified atom stereocenters. The van der Waals surface area contributed by atoms with Crippen molar-refractivity contribution in [3.05, 3.63) is 21.9 Å². The average Bonchev–Trinajstić information content (AvgIpc) is 2.85. The van der Waals surface area contributed by atoms with Crippen LogP contribution in [0.2, 0.25) is 0 Å². The van der Waals surface area contributed by atoms with E-state index >= 15 is 0 Å². The van der Waals surface area contributed by atoms with Crippen LogP contribution in [0.15, 0.2) is 11.4 Å². The molecule has 1 fully saturated rings. The van der Waals surface area contributed by atoms with Gasteiger partial charge in [-0.15, -0.1) is 11.3 Å². The van der Waals surface area contributed by atoms with Crippen molar-refractivity contribution in [3.63, 3.8) is 0 Å². The van der Waals surface area contributed by atoms with E-state index in [1.807, 2.05) is 11.3 Å². The van der Waals surface area contributed by atoms with Gasteiger partial charge in [0.2, 0.25) is 0 Å². The number of hydrogen-bond donors (Lipinski definition) is 1. The zero-order chi connectivity index (χ0) is 12.4. The first kappa shape index (κ1) is 12.6. The van der Waals surface area contributed by atoms with E-state index in [2.05, 4.69) is 16.3 Å². The van der Waals surface area contributed by atoms with Gasteiger partial charge in [0, 0.05) is 30.1 Å². The topological polar surface area (TPSA) is 29.3 Å². The van der Waals surface area contributed by atoms with Crippen LogP contribution < -0.4 is 5.73 Å². The first-order valence-corrected chi connectivity index (χ1v) is 8.20. The summed E-state index contributed by atoms with van der Waals surface area (Å²) in [6, 6.07) is 2.30. The molecule has 1 aromatic heterocycles. The third-order valence-electron chi connectivity index (χ3n) is 4.66. The fourth-order valence-electron chi connectivity index (χ4n) is 3.38. The molecule has 0 amide bonds. The van der Waals surface area contributed by atoms with E-state index in [4.69, 9.17) is 5.73 Å². The van der Waals surface area contributed by atoms with Crippen LogP contribution in [0.5, 0.6) is 0 Å². The summed E-state index contributed by atoms with van der Waals surface area (Å²) < 4.78 is 0. The molecule has 1 saturated carbocycles. The van der Waals surface area contributed by atoms with E-state index in [1.165, 1.54) is 58.0 Å². The Morgan fingerprint density at radius 2 is 2.11 bits per heavy atom.